The molecule has 98 valence electrons. The van der Waals surface area contributed by atoms with Gasteiger partial charge in [-0.25, -0.2) is 4.39 Å². The Morgan fingerprint density at radius 2 is 2.11 bits per heavy atom. The molecule has 0 amide bonds. The number of aryl methyl sites for hydroxylation is 1. The van der Waals surface area contributed by atoms with Gasteiger partial charge < -0.3 is 14.8 Å². The van der Waals surface area contributed by atoms with Crippen LogP contribution in [0.5, 0.6) is 11.5 Å². The third kappa shape index (κ3) is 2.47. The summed E-state index contributed by atoms with van der Waals surface area (Å²) in [7, 11) is 0. The first-order chi connectivity index (χ1) is 9.22. The number of hydrogen-bond donors (Lipinski definition) is 1. The van der Waals surface area contributed by atoms with Crippen LogP contribution < -0.4 is 14.8 Å². The zero-order chi connectivity index (χ0) is 13.2. The summed E-state index contributed by atoms with van der Waals surface area (Å²) in [6.07, 6.45) is 0. The lowest BCUT2D eigenvalue weighted by Crippen LogP contribution is -2.01. The van der Waals surface area contributed by atoms with Crippen LogP contribution in [0, 0.1) is 12.7 Å². The summed E-state index contributed by atoms with van der Waals surface area (Å²) in [6, 6.07) is 10.6. The van der Waals surface area contributed by atoms with Gasteiger partial charge in [0.15, 0.2) is 11.5 Å². The first kappa shape index (κ1) is 11.8. The molecule has 1 heterocycles. The van der Waals surface area contributed by atoms with Crippen LogP contribution in [0.1, 0.15) is 11.1 Å². The maximum Gasteiger partial charge on any atom is 0.231 e. The van der Waals surface area contributed by atoms with Crippen molar-refractivity contribution in [3.63, 3.8) is 0 Å². The Hall–Kier alpha value is -2.23. The highest BCUT2D eigenvalue weighted by Crippen LogP contribution is 2.35. The Bertz CT molecular complexity index is 593. The Balaban J connectivity index is 1.78. The molecule has 1 N–H and O–H groups in total. The number of benzene rings is 2. The highest BCUT2D eigenvalue weighted by Gasteiger charge is 2.16. The molecule has 0 saturated carbocycles. The number of anilines is 1. The molecule has 4 heteroatoms. The molecular formula is C15H14FNO2. The van der Waals surface area contributed by atoms with Crippen LogP contribution in [0.2, 0.25) is 0 Å². The minimum absolute atomic E-state index is 0.236. The largest absolute Gasteiger partial charge is 0.454 e. The molecule has 2 aromatic rings. The van der Waals surface area contributed by atoms with Crippen molar-refractivity contribution >= 4 is 5.69 Å². The van der Waals surface area contributed by atoms with Crippen LogP contribution in [0.4, 0.5) is 10.1 Å². The molecule has 0 aliphatic carbocycles. The average molecular weight is 259 g/mol. The van der Waals surface area contributed by atoms with Crippen molar-refractivity contribution < 1.29 is 13.9 Å². The van der Waals surface area contributed by atoms with Crippen LogP contribution in [0.25, 0.3) is 0 Å². The van der Waals surface area contributed by atoms with Gasteiger partial charge in [0.25, 0.3) is 0 Å². The van der Waals surface area contributed by atoms with E-state index >= 15 is 0 Å². The van der Waals surface area contributed by atoms with E-state index in [9.17, 15) is 4.39 Å². The Morgan fingerprint density at radius 3 is 2.95 bits per heavy atom. The fourth-order valence-electron chi connectivity index (χ4n) is 2.17. The third-order valence-corrected chi connectivity index (χ3v) is 3.00. The lowest BCUT2D eigenvalue weighted by molar-refractivity contribution is 0.173. The van der Waals surface area contributed by atoms with Crippen LogP contribution in [0.15, 0.2) is 36.4 Å². The van der Waals surface area contributed by atoms with E-state index in [0.29, 0.717) is 6.54 Å². The lowest BCUT2D eigenvalue weighted by Gasteiger charge is -2.09. The molecule has 19 heavy (non-hydrogen) atoms. The van der Waals surface area contributed by atoms with E-state index in [-0.39, 0.29) is 12.6 Å². The minimum Gasteiger partial charge on any atom is -0.454 e. The summed E-state index contributed by atoms with van der Waals surface area (Å²) >= 11 is 0. The zero-order valence-electron chi connectivity index (χ0n) is 10.6. The van der Waals surface area contributed by atoms with Gasteiger partial charge >= 0.3 is 0 Å². The molecule has 2 aromatic carbocycles. The second-order valence-electron chi connectivity index (χ2n) is 4.52. The van der Waals surface area contributed by atoms with Gasteiger partial charge in [-0.2, -0.15) is 0 Å². The molecule has 0 aromatic heterocycles. The van der Waals surface area contributed by atoms with Gasteiger partial charge in [0.2, 0.25) is 6.79 Å². The number of ether oxygens (including phenoxy) is 2. The summed E-state index contributed by atoms with van der Waals surface area (Å²) in [5.41, 5.74) is 2.64. The number of halogens is 1. The first-order valence-corrected chi connectivity index (χ1v) is 6.11. The van der Waals surface area contributed by atoms with Gasteiger partial charge in [-0.05, 0) is 36.8 Å². The standard InChI is InChI=1S/C15H14FNO2/c1-10-5-12(16)7-13(6-10)17-8-11-3-2-4-14-15(11)19-9-18-14/h2-7,17H,8-9H2,1H3. The Morgan fingerprint density at radius 1 is 1.21 bits per heavy atom. The maximum absolute atomic E-state index is 13.3. The van der Waals surface area contributed by atoms with Gasteiger partial charge in [-0.3, -0.25) is 0 Å². The second kappa shape index (κ2) is 4.80. The molecule has 0 unspecified atom stereocenters. The smallest absolute Gasteiger partial charge is 0.231 e. The van der Waals surface area contributed by atoms with E-state index in [1.165, 1.54) is 12.1 Å². The predicted molar refractivity (Wildman–Crippen MR) is 71.0 cm³/mol. The van der Waals surface area contributed by atoms with Crippen molar-refractivity contribution in [2.75, 3.05) is 12.1 Å². The predicted octanol–water partition coefficient (Wildman–Crippen LogP) is 3.47. The van der Waals surface area contributed by atoms with Crippen molar-refractivity contribution in [2.45, 2.75) is 13.5 Å². The summed E-state index contributed by atoms with van der Waals surface area (Å²) in [6.45, 7) is 2.69. The molecule has 1 aliphatic heterocycles. The van der Waals surface area contributed by atoms with Gasteiger partial charge in [-0.15, -0.1) is 0 Å². The number of nitrogens with one attached hydrogen (secondary N) is 1. The Kier molecular flexibility index (Phi) is 2.99. The molecule has 0 fully saturated rings. The van der Waals surface area contributed by atoms with Crippen molar-refractivity contribution in [1.29, 1.82) is 0 Å². The quantitative estimate of drug-likeness (QED) is 0.915. The van der Waals surface area contributed by atoms with E-state index < -0.39 is 0 Å². The number of rotatable bonds is 3. The van der Waals surface area contributed by atoms with Gasteiger partial charge in [0.1, 0.15) is 5.82 Å². The summed E-state index contributed by atoms with van der Waals surface area (Å²) in [5, 5.41) is 3.20. The molecular weight excluding hydrogens is 245 g/mol. The van der Waals surface area contributed by atoms with Crippen molar-refractivity contribution in [2.24, 2.45) is 0 Å². The van der Waals surface area contributed by atoms with E-state index in [1.807, 2.05) is 31.2 Å². The van der Waals surface area contributed by atoms with Gasteiger partial charge in [-0.1, -0.05) is 12.1 Å². The molecule has 0 bridgehead atoms. The SMILES string of the molecule is Cc1cc(F)cc(NCc2cccc3c2OCO3)c1. The summed E-state index contributed by atoms with van der Waals surface area (Å²) in [4.78, 5) is 0. The molecule has 0 atom stereocenters. The normalized spacial score (nSPS) is 12.5. The third-order valence-electron chi connectivity index (χ3n) is 3.00. The molecule has 3 rings (SSSR count). The van der Waals surface area contributed by atoms with Crippen molar-refractivity contribution in [3.8, 4) is 11.5 Å². The number of hydrogen-bond acceptors (Lipinski definition) is 3. The average Bonchev–Trinajstić information content (AvgIpc) is 2.83. The second-order valence-corrected chi connectivity index (χ2v) is 4.52. The van der Waals surface area contributed by atoms with E-state index in [0.717, 1.165) is 28.3 Å². The van der Waals surface area contributed by atoms with E-state index in [2.05, 4.69) is 5.32 Å². The van der Waals surface area contributed by atoms with Crippen LogP contribution in [-0.2, 0) is 6.54 Å². The monoisotopic (exact) mass is 259 g/mol. The summed E-state index contributed by atoms with van der Waals surface area (Å²) in [5.74, 6) is 1.29. The summed E-state index contributed by atoms with van der Waals surface area (Å²) < 4.78 is 24.0. The topological polar surface area (TPSA) is 30.5 Å². The fraction of sp³-hybridized carbons (Fsp3) is 0.200. The molecule has 1 aliphatic rings. The Labute approximate surface area is 111 Å². The molecule has 0 saturated heterocycles. The van der Waals surface area contributed by atoms with Gasteiger partial charge in [0, 0.05) is 17.8 Å². The molecule has 0 spiro atoms. The maximum atomic E-state index is 13.3. The molecule has 3 nitrogen and oxygen atoms in total. The highest BCUT2D eigenvalue weighted by atomic mass is 19.1. The van der Waals surface area contributed by atoms with Crippen molar-refractivity contribution in [3.05, 3.63) is 53.3 Å². The fourth-order valence-corrected chi connectivity index (χ4v) is 2.17. The van der Waals surface area contributed by atoms with E-state index in [4.69, 9.17) is 9.47 Å². The minimum atomic E-state index is -0.236. The van der Waals surface area contributed by atoms with Crippen molar-refractivity contribution in [1.82, 2.24) is 0 Å². The van der Waals surface area contributed by atoms with Gasteiger partial charge in [0.05, 0.1) is 0 Å². The highest BCUT2D eigenvalue weighted by molar-refractivity contribution is 5.51. The van der Waals surface area contributed by atoms with Crippen LogP contribution in [-0.4, -0.2) is 6.79 Å². The number of para-hydroxylation sites is 1. The van der Waals surface area contributed by atoms with Crippen LogP contribution >= 0.6 is 0 Å². The van der Waals surface area contributed by atoms with E-state index in [1.54, 1.807) is 0 Å². The number of fused-ring (bicyclic) bond motifs is 1. The zero-order valence-corrected chi connectivity index (χ0v) is 10.6. The first-order valence-electron chi connectivity index (χ1n) is 6.11. The van der Waals surface area contributed by atoms with Crippen LogP contribution in [0.3, 0.4) is 0 Å². The molecule has 0 radical (unpaired) electrons. The lowest BCUT2D eigenvalue weighted by atomic mass is 10.1.